The summed E-state index contributed by atoms with van der Waals surface area (Å²) in [5, 5.41) is 10.1. The molecule has 1 atom stereocenters. The standard InChI is InChI=1S/C23H20O6/c1-23(2,29-21(26)11-5-14-3-8-16(24)9-4-14)19-13-17-18(27-19)10-6-15-7-12-20(25)28-22(15)17/h3-12,19,24H,13H2,1-2H3/b11-5+/t19-/m0/s1. The number of hydrogen-bond donors (Lipinski definition) is 1. The summed E-state index contributed by atoms with van der Waals surface area (Å²) in [5.74, 6) is 0.284. The molecule has 0 spiro atoms. The molecule has 0 unspecified atom stereocenters. The molecule has 2 heterocycles. The highest BCUT2D eigenvalue weighted by Crippen LogP contribution is 2.38. The smallest absolute Gasteiger partial charge is 0.336 e. The Morgan fingerprint density at radius 3 is 2.62 bits per heavy atom. The molecule has 0 saturated heterocycles. The maximum atomic E-state index is 12.3. The minimum atomic E-state index is -0.906. The van der Waals surface area contributed by atoms with E-state index in [9.17, 15) is 14.7 Å². The summed E-state index contributed by atoms with van der Waals surface area (Å²) in [4.78, 5) is 23.9. The van der Waals surface area contributed by atoms with E-state index >= 15 is 0 Å². The number of fused-ring (bicyclic) bond motifs is 3. The maximum Gasteiger partial charge on any atom is 0.336 e. The van der Waals surface area contributed by atoms with Crippen LogP contribution in [0.1, 0.15) is 25.0 Å². The largest absolute Gasteiger partial charge is 0.508 e. The molecule has 1 aliphatic rings. The molecule has 0 bridgehead atoms. The molecular weight excluding hydrogens is 372 g/mol. The lowest BCUT2D eigenvalue weighted by molar-refractivity contribution is -0.158. The lowest BCUT2D eigenvalue weighted by Gasteiger charge is -2.30. The number of phenolic OH excluding ortho intramolecular Hbond substituents is 1. The van der Waals surface area contributed by atoms with Crippen molar-refractivity contribution in [1.82, 2.24) is 0 Å². The van der Waals surface area contributed by atoms with Gasteiger partial charge in [0, 0.05) is 29.5 Å². The molecule has 6 nitrogen and oxygen atoms in total. The molecule has 0 amide bonds. The first-order valence-electron chi connectivity index (χ1n) is 9.24. The summed E-state index contributed by atoms with van der Waals surface area (Å²) >= 11 is 0. The van der Waals surface area contributed by atoms with Crippen LogP contribution in [-0.4, -0.2) is 22.8 Å². The molecule has 0 aliphatic carbocycles. The zero-order chi connectivity index (χ0) is 20.6. The second-order valence-corrected chi connectivity index (χ2v) is 7.48. The molecule has 148 valence electrons. The van der Waals surface area contributed by atoms with Gasteiger partial charge in [-0.25, -0.2) is 9.59 Å². The van der Waals surface area contributed by atoms with Crippen LogP contribution in [-0.2, 0) is 16.0 Å². The van der Waals surface area contributed by atoms with Crippen LogP contribution in [0.5, 0.6) is 11.5 Å². The van der Waals surface area contributed by atoms with E-state index in [0.717, 1.165) is 16.5 Å². The number of carbonyl (C=O) groups is 1. The number of aromatic hydroxyl groups is 1. The summed E-state index contributed by atoms with van der Waals surface area (Å²) in [6.07, 6.45) is 3.00. The number of hydrogen-bond acceptors (Lipinski definition) is 6. The van der Waals surface area contributed by atoms with Gasteiger partial charge < -0.3 is 19.0 Å². The van der Waals surface area contributed by atoms with Crippen molar-refractivity contribution in [1.29, 1.82) is 0 Å². The van der Waals surface area contributed by atoms with Gasteiger partial charge in [0.05, 0.1) is 0 Å². The van der Waals surface area contributed by atoms with E-state index in [1.54, 1.807) is 50.3 Å². The van der Waals surface area contributed by atoms with Crippen molar-refractivity contribution in [3.05, 3.63) is 76.2 Å². The van der Waals surface area contributed by atoms with E-state index in [1.165, 1.54) is 12.1 Å². The lowest BCUT2D eigenvalue weighted by atomic mass is 9.96. The van der Waals surface area contributed by atoms with Crippen molar-refractivity contribution in [3.8, 4) is 11.5 Å². The highest BCUT2D eigenvalue weighted by atomic mass is 16.6. The predicted octanol–water partition coefficient (Wildman–Crippen LogP) is 3.84. The van der Waals surface area contributed by atoms with Crippen molar-refractivity contribution in [2.75, 3.05) is 0 Å². The fourth-order valence-electron chi connectivity index (χ4n) is 3.35. The van der Waals surface area contributed by atoms with Crippen LogP contribution in [0.3, 0.4) is 0 Å². The number of phenols is 1. The first kappa shape index (κ1) is 18.8. The maximum absolute atomic E-state index is 12.3. The van der Waals surface area contributed by atoms with Crippen molar-refractivity contribution >= 4 is 23.0 Å². The molecule has 3 aromatic rings. The molecule has 0 saturated carbocycles. The quantitative estimate of drug-likeness (QED) is 0.412. The Hall–Kier alpha value is -3.54. The zero-order valence-corrected chi connectivity index (χ0v) is 16.0. The van der Waals surface area contributed by atoms with Crippen molar-refractivity contribution < 1.29 is 23.8 Å². The number of rotatable bonds is 4. The third-order valence-corrected chi connectivity index (χ3v) is 4.95. The summed E-state index contributed by atoms with van der Waals surface area (Å²) in [6.45, 7) is 3.57. The molecule has 4 rings (SSSR count). The van der Waals surface area contributed by atoms with Gasteiger partial charge >= 0.3 is 11.6 Å². The van der Waals surface area contributed by atoms with Gasteiger partial charge in [-0.15, -0.1) is 0 Å². The van der Waals surface area contributed by atoms with E-state index in [-0.39, 0.29) is 5.75 Å². The van der Waals surface area contributed by atoms with Crippen LogP contribution in [0.15, 0.2) is 63.8 Å². The Labute approximate surface area is 167 Å². The van der Waals surface area contributed by atoms with Crippen LogP contribution < -0.4 is 10.4 Å². The minimum absolute atomic E-state index is 0.159. The average Bonchev–Trinajstić information content (AvgIpc) is 3.13. The molecule has 0 radical (unpaired) electrons. The van der Waals surface area contributed by atoms with Gasteiger partial charge in [-0.1, -0.05) is 12.1 Å². The third kappa shape index (κ3) is 3.87. The van der Waals surface area contributed by atoms with Crippen LogP contribution >= 0.6 is 0 Å². The van der Waals surface area contributed by atoms with Crippen molar-refractivity contribution in [2.45, 2.75) is 32.0 Å². The van der Waals surface area contributed by atoms with Gasteiger partial charge in [0.15, 0.2) is 0 Å². The van der Waals surface area contributed by atoms with E-state index in [1.807, 2.05) is 12.1 Å². The lowest BCUT2D eigenvalue weighted by Crippen LogP contribution is -2.43. The molecule has 2 aromatic carbocycles. The minimum Gasteiger partial charge on any atom is -0.508 e. The summed E-state index contributed by atoms with van der Waals surface area (Å²) in [5.41, 5.74) is 0.750. The van der Waals surface area contributed by atoms with E-state index < -0.39 is 23.3 Å². The van der Waals surface area contributed by atoms with E-state index in [2.05, 4.69) is 0 Å². The molecule has 6 heteroatoms. The summed E-state index contributed by atoms with van der Waals surface area (Å²) < 4.78 is 17.0. The zero-order valence-electron chi connectivity index (χ0n) is 16.0. The van der Waals surface area contributed by atoms with Crippen molar-refractivity contribution in [3.63, 3.8) is 0 Å². The van der Waals surface area contributed by atoms with Gasteiger partial charge in [0.2, 0.25) is 0 Å². The Bertz CT molecular complexity index is 1150. The van der Waals surface area contributed by atoms with Crippen LogP contribution in [0, 0.1) is 0 Å². The second kappa shape index (κ2) is 7.13. The fraction of sp³-hybridized carbons (Fsp3) is 0.217. The Morgan fingerprint density at radius 1 is 1.14 bits per heavy atom. The predicted molar refractivity (Wildman–Crippen MR) is 108 cm³/mol. The van der Waals surface area contributed by atoms with E-state index in [0.29, 0.717) is 17.8 Å². The van der Waals surface area contributed by atoms with E-state index in [4.69, 9.17) is 13.9 Å². The normalized spacial score (nSPS) is 16.0. The first-order chi connectivity index (χ1) is 13.8. The van der Waals surface area contributed by atoms with Crippen LogP contribution in [0.2, 0.25) is 0 Å². The number of esters is 1. The SMILES string of the molecule is CC(C)(OC(=O)/C=C/c1ccc(O)cc1)[C@@H]1Cc2c(ccc3ccc(=O)oc23)O1. The van der Waals surface area contributed by atoms with Gasteiger partial charge in [-0.3, -0.25) is 0 Å². The molecule has 0 fully saturated rings. The molecule has 29 heavy (non-hydrogen) atoms. The summed E-state index contributed by atoms with van der Waals surface area (Å²) in [6, 6.07) is 13.2. The van der Waals surface area contributed by atoms with Gasteiger partial charge in [-0.2, -0.15) is 0 Å². The first-order valence-corrected chi connectivity index (χ1v) is 9.24. The van der Waals surface area contributed by atoms with Crippen molar-refractivity contribution in [2.24, 2.45) is 0 Å². The molecular formula is C23H20O6. The second-order valence-electron chi connectivity index (χ2n) is 7.48. The van der Waals surface area contributed by atoms with Gasteiger partial charge in [0.1, 0.15) is 28.8 Å². The van der Waals surface area contributed by atoms with Crippen LogP contribution in [0.4, 0.5) is 0 Å². The van der Waals surface area contributed by atoms with Gasteiger partial charge in [0.25, 0.3) is 0 Å². The Kier molecular flexibility index (Phi) is 4.62. The highest BCUT2D eigenvalue weighted by molar-refractivity contribution is 5.87. The third-order valence-electron chi connectivity index (χ3n) is 4.95. The number of benzene rings is 2. The van der Waals surface area contributed by atoms with Crippen LogP contribution in [0.25, 0.3) is 17.0 Å². The number of carbonyl (C=O) groups excluding carboxylic acids is 1. The highest BCUT2D eigenvalue weighted by Gasteiger charge is 2.40. The molecule has 1 N–H and O–H groups in total. The summed E-state index contributed by atoms with van der Waals surface area (Å²) in [7, 11) is 0. The number of ether oxygens (including phenoxy) is 2. The molecule has 1 aromatic heterocycles. The Morgan fingerprint density at radius 2 is 1.86 bits per heavy atom. The Balaban J connectivity index is 1.49. The monoisotopic (exact) mass is 392 g/mol. The fourth-order valence-corrected chi connectivity index (χ4v) is 3.35. The topological polar surface area (TPSA) is 86.0 Å². The van der Waals surface area contributed by atoms with Gasteiger partial charge in [-0.05, 0) is 55.8 Å². The average molecular weight is 392 g/mol. The molecule has 1 aliphatic heterocycles.